The molecule has 0 atom stereocenters. The number of hydrogen-bond donors (Lipinski definition) is 1. The average molecular weight is 461 g/mol. The number of anilines is 2. The fourth-order valence-electron chi connectivity index (χ4n) is 3.85. The molecule has 9 heteroatoms. The first-order valence-electron chi connectivity index (χ1n) is 10.1. The number of halogens is 2. The van der Waals surface area contributed by atoms with Crippen LogP contribution >= 0.6 is 23.2 Å². The first-order chi connectivity index (χ1) is 14.9. The predicted molar refractivity (Wildman–Crippen MR) is 121 cm³/mol. The van der Waals surface area contributed by atoms with Crippen molar-refractivity contribution in [2.45, 2.75) is 6.92 Å². The molecule has 7 nitrogen and oxygen atoms in total. The van der Waals surface area contributed by atoms with Crippen molar-refractivity contribution in [2.75, 3.05) is 49.5 Å². The van der Waals surface area contributed by atoms with Crippen LogP contribution in [0.25, 0.3) is 0 Å². The van der Waals surface area contributed by atoms with E-state index in [-0.39, 0.29) is 27.7 Å². The molecule has 4 rings (SSSR count). The lowest BCUT2D eigenvalue weighted by molar-refractivity contribution is -0.116. The molecule has 2 heterocycles. The minimum Gasteiger partial charge on any atom is -0.369 e. The van der Waals surface area contributed by atoms with Crippen LogP contribution in [0.15, 0.2) is 36.4 Å². The second-order valence-electron chi connectivity index (χ2n) is 7.52. The van der Waals surface area contributed by atoms with Crippen LogP contribution < -0.4 is 10.2 Å². The molecule has 1 fully saturated rings. The first kappa shape index (κ1) is 21.6. The van der Waals surface area contributed by atoms with Gasteiger partial charge in [0.05, 0.1) is 21.2 Å². The Labute approximate surface area is 190 Å². The number of imide groups is 1. The summed E-state index contributed by atoms with van der Waals surface area (Å²) in [7, 11) is 0. The second-order valence-corrected chi connectivity index (χ2v) is 8.34. The number of amides is 3. The van der Waals surface area contributed by atoms with Crippen molar-refractivity contribution in [2.24, 2.45) is 0 Å². The molecule has 2 aromatic carbocycles. The molecule has 3 amide bonds. The van der Waals surface area contributed by atoms with E-state index in [1.165, 1.54) is 12.1 Å². The molecule has 1 saturated heterocycles. The number of rotatable bonds is 5. The fraction of sp³-hybridized carbons (Fsp3) is 0.318. The van der Waals surface area contributed by atoms with E-state index in [1.54, 1.807) is 0 Å². The van der Waals surface area contributed by atoms with Crippen LogP contribution in [0.4, 0.5) is 11.4 Å². The zero-order valence-electron chi connectivity index (χ0n) is 17.0. The average Bonchev–Trinajstić information content (AvgIpc) is 2.99. The maximum Gasteiger partial charge on any atom is 0.262 e. The number of benzene rings is 2. The van der Waals surface area contributed by atoms with Gasteiger partial charge in [0.15, 0.2) is 0 Å². The molecule has 0 radical (unpaired) electrons. The zero-order valence-corrected chi connectivity index (χ0v) is 18.5. The summed E-state index contributed by atoms with van der Waals surface area (Å²) in [6.07, 6.45) is 0. The number of fused-ring (bicyclic) bond motifs is 1. The lowest BCUT2D eigenvalue weighted by Gasteiger charge is -2.35. The van der Waals surface area contributed by atoms with Crippen LogP contribution in [0, 0.1) is 0 Å². The van der Waals surface area contributed by atoms with Gasteiger partial charge in [0.25, 0.3) is 11.8 Å². The summed E-state index contributed by atoms with van der Waals surface area (Å²) in [6, 6.07) is 10.3. The summed E-state index contributed by atoms with van der Waals surface area (Å²) in [5.74, 6) is -1.58. The van der Waals surface area contributed by atoms with Crippen molar-refractivity contribution in [3.05, 3.63) is 57.6 Å². The Kier molecular flexibility index (Phi) is 6.18. The zero-order chi connectivity index (χ0) is 22.1. The van der Waals surface area contributed by atoms with Crippen LogP contribution in [0.3, 0.4) is 0 Å². The number of carbonyl (C=O) groups is 3. The summed E-state index contributed by atoms with van der Waals surface area (Å²) in [6.45, 7) is 6.84. The van der Waals surface area contributed by atoms with Gasteiger partial charge in [-0.1, -0.05) is 30.1 Å². The van der Waals surface area contributed by atoms with Crippen molar-refractivity contribution in [1.82, 2.24) is 9.80 Å². The van der Waals surface area contributed by atoms with Gasteiger partial charge in [0, 0.05) is 37.6 Å². The summed E-state index contributed by atoms with van der Waals surface area (Å²) in [5, 5.41) is 3.11. The van der Waals surface area contributed by atoms with E-state index in [9.17, 15) is 14.4 Å². The monoisotopic (exact) mass is 460 g/mol. The maximum atomic E-state index is 12.5. The van der Waals surface area contributed by atoms with Gasteiger partial charge in [0.1, 0.15) is 6.54 Å². The van der Waals surface area contributed by atoms with E-state index < -0.39 is 17.7 Å². The highest BCUT2D eigenvalue weighted by atomic mass is 35.5. The van der Waals surface area contributed by atoms with Crippen molar-refractivity contribution in [1.29, 1.82) is 0 Å². The third-order valence-electron chi connectivity index (χ3n) is 5.65. The first-order valence-corrected chi connectivity index (χ1v) is 10.9. The van der Waals surface area contributed by atoms with E-state index in [2.05, 4.69) is 22.0 Å². The maximum absolute atomic E-state index is 12.5. The summed E-state index contributed by atoms with van der Waals surface area (Å²) in [5.41, 5.74) is 2.01. The van der Waals surface area contributed by atoms with Crippen molar-refractivity contribution in [3.63, 3.8) is 0 Å². The van der Waals surface area contributed by atoms with Crippen LogP contribution in [0.5, 0.6) is 0 Å². The quantitative estimate of drug-likeness (QED) is 0.692. The number of hydrogen-bond acceptors (Lipinski definition) is 5. The highest BCUT2D eigenvalue weighted by Crippen LogP contribution is 2.31. The van der Waals surface area contributed by atoms with Gasteiger partial charge in [0.2, 0.25) is 5.91 Å². The van der Waals surface area contributed by atoms with Crippen molar-refractivity contribution >= 4 is 52.3 Å². The Morgan fingerprint density at radius 3 is 2.00 bits per heavy atom. The van der Waals surface area contributed by atoms with Crippen LogP contribution in [0.2, 0.25) is 10.0 Å². The van der Waals surface area contributed by atoms with E-state index in [4.69, 9.17) is 23.2 Å². The van der Waals surface area contributed by atoms with E-state index in [0.717, 1.165) is 43.3 Å². The van der Waals surface area contributed by atoms with E-state index in [0.29, 0.717) is 5.69 Å². The molecular weight excluding hydrogens is 439 g/mol. The molecule has 0 spiro atoms. The Hall–Kier alpha value is -2.61. The van der Waals surface area contributed by atoms with Crippen molar-refractivity contribution in [3.8, 4) is 0 Å². The Morgan fingerprint density at radius 1 is 0.935 bits per heavy atom. The Bertz CT molecular complexity index is 993. The van der Waals surface area contributed by atoms with Gasteiger partial charge in [-0.15, -0.1) is 0 Å². The number of nitrogens with one attached hydrogen (secondary N) is 1. The minimum atomic E-state index is -0.560. The molecule has 2 aromatic rings. The molecule has 0 unspecified atom stereocenters. The third kappa shape index (κ3) is 4.39. The third-order valence-corrected chi connectivity index (χ3v) is 6.37. The molecule has 2 aliphatic heterocycles. The number of piperazine rings is 1. The number of carbonyl (C=O) groups excluding carboxylic acids is 3. The highest BCUT2D eigenvalue weighted by molar-refractivity contribution is 6.43. The second kappa shape index (κ2) is 8.86. The number of likely N-dealkylation sites (N-methyl/N-ethyl adjacent to an activating group) is 1. The standard InChI is InChI=1S/C22H22Cl2N4O3/c1-2-26-7-9-27(10-8-26)15-5-3-14(4-6-15)25-20(29)13-28-21(30)16-11-18(23)19(24)12-17(16)22(28)31/h3-6,11-12H,2,7-10,13H2,1H3,(H,25,29). The predicted octanol–water partition coefficient (Wildman–Crippen LogP) is 3.37. The van der Waals surface area contributed by atoms with Gasteiger partial charge < -0.3 is 15.1 Å². The van der Waals surface area contributed by atoms with Gasteiger partial charge in [-0.2, -0.15) is 0 Å². The lowest BCUT2D eigenvalue weighted by atomic mass is 10.1. The van der Waals surface area contributed by atoms with Crippen LogP contribution in [-0.4, -0.2) is 66.8 Å². The molecular formula is C22H22Cl2N4O3. The normalized spacial score (nSPS) is 16.6. The van der Waals surface area contributed by atoms with Crippen molar-refractivity contribution < 1.29 is 14.4 Å². The molecule has 162 valence electrons. The van der Waals surface area contributed by atoms with Gasteiger partial charge in [-0.25, -0.2) is 0 Å². The summed E-state index contributed by atoms with van der Waals surface area (Å²) < 4.78 is 0. The Balaban J connectivity index is 1.37. The molecule has 31 heavy (non-hydrogen) atoms. The Morgan fingerprint density at radius 2 is 1.48 bits per heavy atom. The molecule has 0 aliphatic carbocycles. The topological polar surface area (TPSA) is 73.0 Å². The van der Waals surface area contributed by atoms with Crippen LogP contribution in [0.1, 0.15) is 27.6 Å². The number of nitrogens with zero attached hydrogens (tertiary/aromatic N) is 3. The molecule has 0 bridgehead atoms. The van der Waals surface area contributed by atoms with Crippen LogP contribution in [-0.2, 0) is 4.79 Å². The molecule has 2 aliphatic rings. The lowest BCUT2D eigenvalue weighted by Crippen LogP contribution is -2.46. The smallest absolute Gasteiger partial charge is 0.262 e. The largest absolute Gasteiger partial charge is 0.369 e. The van der Waals surface area contributed by atoms with Gasteiger partial charge >= 0.3 is 0 Å². The molecule has 0 aromatic heterocycles. The summed E-state index contributed by atoms with van der Waals surface area (Å²) in [4.78, 5) is 43.2. The minimum absolute atomic E-state index is 0.153. The van der Waals surface area contributed by atoms with E-state index in [1.807, 2.05) is 24.3 Å². The SMILES string of the molecule is CCN1CCN(c2ccc(NC(=O)CN3C(=O)c4cc(Cl)c(Cl)cc4C3=O)cc2)CC1. The fourth-order valence-corrected chi connectivity index (χ4v) is 4.18. The van der Waals surface area contributed by atoms with Gasteiger partial charge in [-0.3, -0.25) is 19.3 Å². The van der Waals surface area contributed by atoms with E-state index >= 15 is 0 Å². The highest BCUT2D eigenvalue weighted by Gasteiger charge is 2.37. The van der Waals surface area contributed by atoms with Gasteiger partial charge in [-0.05, 0) is 42.9 Å². The molecule has 1 N–H and O–H groups in total. The molecule has 0 saturated carbocycles. The summed E-state index contributed by atoms with van der Waals surface area (Å²) >= 11 is 11.9.